The summed E-state index contributed by atoms with van der Waals surface area (Å²) in [5.41, 5.74) is -1.70. The van der Waals surface area contributed by atoms with E-state index >= 15 is 4.39 Å². The summed E-state index contributed by atoms with van der Waals surface area (Å²) in [4.78, 5) is 19.6. The Bertz CT molecular complexity index is 1070. The zero-order chi connectivity index (χ0) is 21.5. The number of esters is 1. The Morgan fingerprint density at radius 2 is 1.57 bits per heavy atom. The summed E-state index contributed by atoms with van der Waals surface area (Å²) in [6.07, 6.45) is -3.54. The number of alkyl halides is 4. The fraction of sp³-hybridized carbons (Fsp3) is 0.227. The molecule has 1 aliphatic carbocycles. The summed E-state index contributed by atoms with van der Waals surface area (Å²) < 4.78 is 58.9. The molecule has 154 valence electrons. The predicted molar refractivity (Wildman–Crippen MR) is 100 cm³/mol. The van der Waals surface area contributed by atoms with E-state index in [-0.39, 0.29) is 5.82 Å². The number of aromatic nitrogens is 2. The number of hydrogen-bond donors (Lipinski definition) is 0. The zero-order valence-electron chi connectivity index (χ0n) is 15.7. The summed E-state index contributed by atoms with van der Waals surface area (Å²) in [7, 11) is 1.13. The second-order valence-electron chi connectivity index (χ2n) is 7.01. The molecule has 4 nitrogen and oxygen atoms in total. The first kappa shape index (κ1) is 20.0. The minimum Gasteiger partial charge on any atom is -0.467 e. The summed E-state index contributed by atoms with van der Waals surface area (Å²) >= 11 is 0. The maximum Gasteiger partial charge on any atom is 0.433 e. The van der Waals surface area contributed by atoms with E-state index in [1.165, 1.54) is 12.1 Å². The van der Waals surface area contributed by atoms with Gasteiger partial charge in [-0.2, -0.15) is 13.2 Å². The second kappa shape index (κ2) is 7.19. The number of ether oxygens (including phenoxy) is 1. The lowest BCUT2D eigenvalue weighted by Gasteiger charge is -2.08. The van der Waals surface area contributed by atoms with Crippen molar-refractivity contribution < 1.29 is 27.1 Å². The fourth-order valence-electron chi connectivity index (χ4n) is 3.79. The summed E-state index contributed by atoms with van der Waals surface area (Å²) in [6.45, 7) is 0. The van der Waals surface area contributed by atoms with E-state index < -0.39 is 35.3 Å². The standard InChI is InChI=1S/C22H16F4N2O2/c1-30-20(29)21(23)17(13-5-3-2-4-6-13)18(21)14-7-9-15(10-8-14)19-27-12-11-16(28-19)22(24,25)26/h2-12,17-18H,1H3/t17-,18-,21+/m1/s1. The van der Waals surface area contributed by atoms with Crippen LogP contribution in [0.25, 0.3) is 11.4 Å². The van der Waals surface area contributed by atoms with Crippen molar-refractivity contribution in [3.63, 3.8) is 0 Å². The van der Waals surface area contributed by atoms with Gasteiger partial charge in [-0.3, -0.25) is 0 Å². The van der Waals surface area contributed by atoms with Crippen molar-refractivity contribution >= 4 is 5.97 Å². The van der Waals surface area contributed by atoms with E-state index in [1.807, 2.05) is 0 Å². The summed E-state index contributed by atoms with van der Waals surface area (Å²) in [5.74, 6) is -2.51. The van der Waals surface area contributed by atoms with Crippen LogP contribution in [0.4, 0.5) is 17.6 Å². The van der Waals surface area contributed by atoms with Crippen molar-refractivity contribution in [3.8, 4) is 11.4 Å². The first-order chi connectivity index (χ1) is 14.3. The molecule has 0 amide bonds. The van der Waals surface area contributed by atoms with Crippen LogP contribution in [-0.4, -0.2) is 28.7 Å². The number of carbonyl (C=O) groups excluding carboxylic acids is 1. The molecule has 0 N–H and O–H groups in total. The molecule has 0 saturated heterocycles. The van der Waals surface area contributed by atoms with E-state index in [2.05, 4.69) is 14.7 Å². The Labute approximate surface area is 169 Å². The van der Waals surface area contributed by atoms with E-state index in [0.717, 1.165) is 19.4 Å². The van der Waals surface area contributed by atoms with Crippen molar-refractivity contribution in [2.45, 2.75) is 23.7 Å². The van der Waals surface area contributed by atoms with E-state index in [9.17, 15) is 18.0 Å². The van der Waals surface area contributed by atoms with Gasteiger partial charge in [0.05, 0.1) is 7.11 Å². The van der Waals surface area contributed by atoms with Crippen molar-refractivity contribution in [2.75, 3.05) is 7.11 Å². The van der Waals surface area contributed by atoms with Crippen molar-refractivity contribution in [2.24, 2.45) is 0 Å². The highest BCUT2D eigenvalue weighted by Crippen LogP contribution is 2.66. The molecule has 1 fully saturated rings. The van der Waals surface area contributed by atoms with E-state index in [4.69, 9.17) is 0 Å². The van der Waals surface area contributed by atoms with Crippen LogP contribution in [0.1, 0.15) is 28.7 Å². The molecule has 0 spiro atoms. The van der Waals surface area contributed by atoms with Crippen LogP contribution in [0.3, 0.4) is 0 Å². The van der Waals surface area contributed by atoms with Gasteiger partial charge in [0, 0.05) is 23.6 Å². The zero-order valence-corrected chi connectivity index (χ0v) is 15.7. The summed E-state index contributed by atoms with van der Waals surface area (Å²) in [5, 5.41) is 0. The molecule has 3 atom stereocenters. The van der Waals surface area contributed by atoms with Crippen molar-refractivity contribution in [1.82, 2.24) is 9.97 Å². The first-order valence-corrected chi connectivity index (χ1v) is 9.09. The lowest BCUT2D eigenvalue weighted by Crippen LogP contribution is -2.22. The molecule has 8 heteroatoms. The van der Waals surface area contributed by atoms with E-state index in [1.54, 1.807) is 42.5 Å². The maximum atomic E-state index is 15.6. The topological polar surface area (TPSA) is 52.1 Å². The average Bonchev–Trinajstić information content (AvgIpc) is 3.40. The number of halogens is 4. The normalized spacial score (nSPS) is 23.1. The molecular weight excluding hydrogens is 400 g/mol. The van der Waals surface area contributed by atoms with Crippen LogP contribution in [0.5, 0.6) is 0 Å². The van der Waals surface area contributed by atoms with Crippen LogP contribution < -0.4 is 0 Å². The molecule has 2 aromatic carbocycles. The molecule has 0 bridgehead atoms. The van der Waals surface area contributed by atoms with Crippen LogP contribution in [-0.2, 0) is 15.7 Å². The molecule has 4 rings (SSSR count). The molecule has 1 heterocycles. The molecule has 30 heavy (non-hydrogen) atoms. The van der Waals surface area contributed by atoms with E-state index in [0.29, 0.717) is 16.7 Å². The quantitative estimate of drug-likeness (QED) is 0.447. The van der Waals surface area contributed by atoms with Crippen LogP contribution in [0, 0.1) is 0 Å². The highest BCUT2D eigenvalue weighted by atomic mass is 19.4. The van der Waals surface area contributed by atoms with Crippen molar-refractivity contribution in [1.29, 1.82) is 0 Å². The third kappa shape index (κ3) is 3.32. The highest BCUT2D eigenvalue weighted by molar-refractivity contribution is 5.88. The highest BCUT2D eigenvalue weighted by Gasteiger charge is 2.73. The number of carbonyl (C=O) groups is 1. The first-order valence-electron chi connectivity index (χ1n) is 9.09. The van der Waals surface area contributed by atoms with Gasteiger partial charge in [0.25, 0.3) is 0 Å². The number of benzene rings is 2. The van der Waals surface area contributed by atoms with Crippen molar-refractivity contribution in [3.05, 3.63) is 83.7 Å². The largest absolute Gasteiger partial charge is 0.467 e. The minimum atomic E-state index is -4.58. The molecule has 1 aliphatic rings. The van der Waals surface area contributed by atoms with Gasteiger partial charge in [-0.15, -0.1) is 0 Å². The van der Waals surface area contributed by atoms with Gasteiger partial charge < -0.3 is 4.74 Å². The number of hydrogen-bond acceptors (Lipinski definition) is 4. The predicted octanol–water partition coefficient (Wildman–Crippen LogP) is 4.92. The molecule has 0 aliphatic heterocycles. The Balaban J connectivity index is 1.66. The Hall–Kier alpha value is -3.29. The lowest BCUT2D eigenvalue weighted by atomic mass is 10.0. The molecule has 3 aromatic rings. The third-order valence-electron chi connectivity index (χ3n) is 5.26. The van der Waals surface area contributed by atoms with Gasteiger partial charge in [0.1, 0.15) is 5.69 Å². The SMILES string of the molecule is COC(=O)[C@]1(F)[C@H](c2ccccc2)[C@H]1c1ccc(-c2nccc(C(F)(F)F)n2)cc1. The summed E-state index contributed by atoms with van der Waals surface area (Å²) in [6, 6.07) is 15.8. The van der Waals surface area contributed by atoms with Gasteiger partial charge in [0.15, 0.2) is 5.82 Å². The van der Waals surface area contributed by atoms with Gasteiger partial charge in [-0.05, 0) is 17.2 Å². The second-order valence-corrected chi connectivity index (χ2v) is 7.01. The van der Waals surface area contributed by atoms with Gasteiger partial charge in [-0.1, -0.05) is 54.6 Å². The lowest BCUT2D eigenvalue weighted by molar-refractivity contribution is -0.148. The molecule has 1 aromatic heterocycles. The van der Waals surface area contributed by atoms with Crippen LogP contribution >= 0.6 is 0 Å². The maximum absolute atomic E-state index is 15.6. The number of nitrogens with zero attached hydrogens (tertiary/aromatic N) is 2. The van der Waals surface area contributed by atoms with Crippen LogP contribution in [0.2, 0.25) is 0 Å². The average molecular weight is 416 g/mol. The Morgan fingerprint density at radius 3 is 2.13 bits per heavy atom. The van der Waals surface area contributed by atoms with Crippen LogP contribution in [0.15, 0.2) is 66.9 Å². The smallest absolute Gasteiger partial charge is 0.433 e. The fourth-order valence-corrected chi connectivity index (χ4v) is 3.79. The number of methoxy groups -OCH3 is 1. The Morgan fingerprint density at radius 1 is 0.967 bits per heavy atom. The molecule has 0 unspecified atom stereocenters. The third-order valence-corrected chi connectivity index (χ3v) is 5.26. The van der Waals surface area contributed by atoms with Gasteiger partial charge in [0.2, 0.25) is 5.67 Å². The number of rotatable bonds is 4. The minimum absolute atomic E-state index is 0.0914. The molecular formula is C22H16F4N2O2. The monoisotopic (exact) mass is 416 g/mol. The molecule has 1 saturated carbocycles. The Kier molecular flexibility index (Phi) is 4.80. The van der Waals surface area contributed by atoms with Gasteiger partial charge >= 0.3 is 12.1 Å². The molecule has 0 radical (unpaired) electrons. The van der Waals surface area contributed by atoms with Gasteiger partial charge in [-0.25, -0.2) is 19.2 Å².